The van der Waals surface area contributed by atoms with E-state index >= 15 is 0 Å². The van der Waals surface area contributed by atoms with Gasteiger partial charge in [-0.05, 0) is 29.8 Å². The topological polar surface area (TPSA) is 43.6 Å². The zero-order chi connectivity index (χ0) is 10.3. The molecule has 4 nitrogen and oxygen atoms in total. The molecule has 0 radical (unpaired) electrons. The number of hydrogen-bond acceptors (Lipinski definition) is 3. The van der Waals surface area contributed by atoms with Crippen molar-refractivity contribution in [1.82, 2.24) is 19.5 Å². The molecule has 0 fully saturated rings. The minimum absolute atomic E-state index is 0.278. The molecule has 0 aliphatic rings. The number of fused-ring (bicyclic) bond motifs is 1. The molecular weight excluding hydrogens is 267 g/mol. The lowest BCUT2D eigenvalue weighted by molar-refractivity contribution is 0.600. The van der Waals surface area contributed by atoms with Crippen molar-refractivity contribution in [3.63, 3.8) is 0 Å². The minimum atomic E-state index is 0.278. The lowest BCUT2D eigenvalue weighted by atomic mass is 10.4. The molecule has 74 valence electrons. The van der Waals surface area contributed by atoms with Crippen molar-refractivity contribution in [1.29, 1.82) is 0 Å². The number of halogens is 2. The molecular formula is C8H8BrClN4. The van der Waals surface area contributed by atoms with Crippen LogP contribution in [0.4, 0.5) is 0 Å². The number of rotatable bonds is 1. The smallest absolute Gasteiger partial charge is 0.179 e. The fourth-order valence-corrected chi connectivity index (χ4v) is 2.24. The molecule has 2 aromatic heterocycles. The normalized spacial score (nSPS) is 11.5. The van der Waals surface area contributed by atoms with Crippen LogP contribution in [0.15, 0.2) is 11.1 Å². The molecule has 0 aromatic carbocycles. The Hall–Kier alpha value is -0.680. The summed E-state index contributed by atoms with van der Waals surface area (Å²) < 4.78 is 2.69. The van der Waals surface area contributed by atoms with Crippen LogP contribution in [0.1, 0.15) is 19.9 Å². The Morgan fingerprint density at radius 1 is 1.43 bits per heavy atom. The van der Waals surface area contributed by atoms with Crippen LogP contribution >= 0.6 is 27.5 Å². The number of aromatic nitrogens is 4. The molecule has 6 heteroatoms. The monoisotopic (exact) mass is 274 g/mol. The summed E-state index contributed by atoms with van der Waals surface area (Å²) in [4.78, 5) is 12.3. The second kappa shape index (κ2) is 3.47. The van der Waals surface area contributed by atoms with Gasteiger partial charge in [0.15, 0.2) is 15.5 Å². The van der Waals surface area contributed by atoms with Gasteiger partial charge in [-0.15, -0.1) is 0 Å². The summed E-state index contributed by atoms with van der Waals surface area (Å²) in [6.07, 6.45) is 1.44. The van der Waals surface area contributed by atoms with Crippen molar-refractivity contribution in [2.75, 3.05) is 0 Å². The van der Waals surface area contributed by atoms with Crippen molar-refractivity contribution in [3.05, 3.63) is 16.2 Å². The standard InChI is InChI=1S/C8H8BrClN4/c1-4(2)14-7-5(13-8(14)9)6(10)11-3-12-7/h3-4H,1-2H3. The molecule has 0 aliphatic heterocycles. The van der Waals surface area contributed by atoms with Gasteiger partial charge in [0.25, 0.3) is 0 Å². The van der Waals surface area contributed by atoms with Gasteiger partial charge in [-0.2, -0.15) is 0 Å². The maximum Gasteiger partial charge on any atom is 0.179 e. The third-order valence-electron chi connectivity index (χ3n) is 1.91. The molecule has 0 amide bonds. The van der Waals surface area contributed by atoms with Crippen LogP contribution in [0.25, 0.3) is 11.2 Å². The number of hydrogen-bond donors (Lipinski definition) is 0. The van der Waals surface area contributed by atoms with E-state index in [1.165, 1.54) is 6.33 Å². The van der Waals surface area contributed by atoms with Gasteiger partial charge in [-0.25, -0.2) is 15.0 Å². The van der Waals surface area contributed by atoms with Gasteiger partial charge in [-0.3, -0.25) is 0 Å². The summed E-state index contributed by atoms with van der Waals surface area (Å²) in [6.45, 7) is 4.11. The summed E-state index contributed by atoms with van der Waals surface area (Å²) >= 11 is 9.27. The van der Waals surface area contributed by atoms with Crippen LogP contribution in [0.2, 0.25) is 5.15 Å². The summed E-state index contributed by atoms with van der Waals surface area (Å²) in [7, 11) is 0. The summed E-state index contributed by atoms with van der Waals surface area (Å²) in [6, 6.07) is 0.278. The number of nitrogens with zero attached hydrogens (tertiary/aromatic N) is 4. The van der Waals surface area contributed by atoms with E-state index in [4.69, 9.17) is 11.6 Å². The lowest BCUT2D eigenvalue weighted by Gasteiger charge is -2.08. The van der Waals surface area contributed by atoms with E-state index in [1.807, 2.05) is 4.57 Å². The van der Waals surface area contributed by atoms with E-state index in [1.54, 1.807) is 0 Å². The fourth-order valence-electron chi connectivity index (χ4n) is 1.31. The largest absolute Gasteiger partial charge is 0.301 e. The van der Waals surface area contributed by atoms with Gasteiger partial charge >= 0.3 is 0 Å². The molecule has 0 bridgehead atoms. The van der Waals surface area contributed by atoms with E-state index in [0.29, 0.717) is 10.7 Å². The first-order valence-corrected chi connectivity index (χ1v) is 5.32. The molecule has 2 rings (SSSR count). The Bertz CT molecular complexity index is 479. The molecule has 2 heterocycles. The van der Waals surface area contributed by atoms with E-state index in [9.17, 15) is 0 Å². The maximum absolute atomic E-state index is 5.90. The molecule has 0 saturated carbocycles. The third kappa shape index (κ3) is 1.40. The van der Waals surface area contributed by atoms with E-state index < -0.39 is 0 Å². The zero-order valence-corrected chi connectivity index (χ0v) is 10.0. The second-order valence-electron chi connectivity index (χ2n) is 3.18. The highest BCUT2D eigenvalue weighted by molar-refractivity contribution is 9.10. The van der Waals surface area contributed by atoms with Crippen molar-refractivity contribution in [2.45, 2.75) is 19.9 Å². The van der Waals surface area contributed by atoms with Crippen molar-refractivity contribution < 1.29 is 0 Å². The Labute approximate surface area is 94.5 Å². The van der Waals surface area contributed by atoms with Crippen molar-refractivity contribution in [2.24, 2.45) is 0 Å². The van der Waals surface area contributed by atoms with Gasteiger partial charge in [-0.1, -0.05) is 11.6 Å². The second-order valence-corrected chi connectivity index (χ2v) is 4.25. The van der Waals surface area contributed by atoms with E-state index in [0.717, 1.165) is 10.4 Å². The first kappa shape index (κ1) is 9.86. The Kier molecular flexibility index (Phi) is 2.45. The molecule has 0 spiro atoms. The van der Waals surface area contributed by atoms with E-state index in [-0.39, 0.29) is 6.04 Å². The zero-order valence-electron chi connectivity index (χ0n) is 7.70. The number of imidazole rings is 1. The highest BCUT2D eigenvalue weighted by atomic mass is 79.9. The molecule has 0 N–H and O–H groups in total. The maximum atomic E-state index is 5.90. The van der Waals surface area contributed by atoms with Gasteiger partial charge in [0.2, 0.25) is 0 Å². The minimum Gasteiger partial charge on any atom is -0.301 e. The van der Waals surface area contributed by atoms with E-state index in [2.05, 4.69) is 44.7 Å². The predicted molar refractivity (Wildman–Crippen MR) is 58.4 cm³/mol. The van der Waals surface area contributed by atoms with Crippen LogP contribution in [0.5, 0.6) is 0 Å². The first-order valence-electron chi connectivity index (χ1n) is 4.15. The molecule has 14 heavy (non-hydrogen) atoms. The molecule has 0 saturated heterocycles. The van der Waals surface area contributed by atoms with Crippen molar-refractivity contribution >= 4 is 38.7 Å². The highest BCUT2D eigenvalue weighted by Gasteiger charge is 2.14. The van der Waals surface area contributed by atoms with Crippen LogP contribution in [0, 0.1) is 0 Å². The highest BCUT2D eigenvalue weighted by Crippen LogP contribution is 2.25. The lowest BCUT2D eigenvalue weighted by Crippen LogP contribution is -2.01. The van der Waals surface area contributed by atoms with Gasteiger partial charge in [0, 0.05) is 6.04 Å². The Balaban J connectivity index is 2.83. The molecule has 0 unspecified atom stereocenters. The first-order chi connectivity index (χ1) is 6.61. The van der Waals surface area contributed by atoms with Crippen LogP contribution in [-0.4, -0.2) is 19.5 Å². The summed E-state index contributed by atoms with van der Waals surface area (Å²) in [5.41, 5.74) is 1.39. The van der Waals surface area contributed by atoms with Gasteiger partial charge in [0.1, 0.15) is 11.8 Å². The molecule has 0 aliphatic carbocycles. The average Bonchev–Trinajstić information content (AvgIpc) is 2.42. The third-order valence-corrected chi connectivity index (χ3v) is 2.74. The molecule has 2 aromatic rings. The SMILES string of the molecule is CC(C)n1c(Br)nc2c(Cl)ncnc21. The van der Waals surface area contributed by atoms with Gasteiger partial charge < -0.3 is 4.57 Å². The van der Waals surface area contributed by atoms with Crippen LogP contribution in [0.3, 0.4) is 0 Å². The van der Waals surface area contributed by atoms with Gasteiger partial charge in [0.05, 0.1) is 0 Å². The molecule has 0 atom stereocenters. The average molecular weight is 276 g/mol. The Morgan fingerprint density at radius 2 is 2.14 bits per heavy atom. The quantitative estimate of drug-likeness (QED) is 0.594. The predicted octanol–water partition coefficient (Wildman–Crippen LogP) is 2.82. The Morgan fingerprint density at radius 3 is 2.79 bits per heavy atom. The fraction of sp³-hybridized carbons (Fsp3) is 0.375. The summed E-state index contributed by atoms with van der Waals surface area (Å²) in [5, 5.41) is 0.384. The van der Waals surface area contributed by atoms with Crippen molar-refractivity contribution in [3.8, 4) is 0 Å². The van der Waals surface area contributed by atoms with Crippen LogP contribution < -0.4 is 0 Å². The summed E-state index contributed by atoms with van der Waals surface area (Å²) in [5.74, 6) is 0. The van der Waals surface area contributed by atoms with Crippen LogP contribution in [-0.2, 0) is 0 Å².